The van der Waals surface area contributed by atoms with Gasteiger partial charge in [0.25, 0.3) is 0 Å². The van der Waals surface area contributed by atoms with Crippen LogP contribution in [0.1, 0.15) is 0 Å². The maximum Gasteiger partial charge on any atom is 0.0923 e. The van der Waals surface area contributed by atoms with Crippen LogP contribution in [-0.4, -0.2) is 9.78 Å². The second kappa shape index (κ2) is 3.34. The number of nitrogens with zero attached hydrogens (tertiary/aromatic N) is 2. The highest BCUT2D eigenvalue weighted by atomic mass is 79.9. The van der Waals surface area contributed by atoms with Crippen LogP contribution in [0.15, 0.2) is 41.0 Å². The first-order valence-corrected chi connectivity index (χ1v) is 4.80. The third-order valence-corrected chi connectivity index (χ3v) is 2.33. The third kappa shape index (κ3) is 1.80. The van der Waals surface area contributed by atoms with Crippen LogP contribution in [0.5, 0.6) is 0 Å². The lowest BCUT2D eigenvalue weighted by Crippen LogP contribution is -1.87. The van der Waals surface area contributed by atoms with Gasteiger partial charge in [-0.25, -0.2) is 0 Å². The zero-order chi connectivity index (χ0) is 9.26. The maximum atomic E-state index is 4.32. The van der Waals surface area contributed by atoms with E-state index in [-0.39, 0.29) is 0 Å². The Balaban J connectivity index is 2.46. The summed E-state index contributed by atoms with van der Waals surface area (Å²) in [6, 6.07) is 10.1. The first-order chi connectivity index (χ1) is 6.25. The van der Waals surface area contributed by atoms with E-state index in [9.17, 15) is 0 Å². The summed E-state index contributed by atoms with van der Waals surface area (Å²) in [4.78, 5) is 0. The second-order valence-electron chi connectivity index (χ2n) is 2.88. The molecule has 1 aromatic carbocycles. The molecule has 0 fully saturated rings. The molecule has 0 N–H and O–H groups in total. The van der Waals surface area contributed by atoms with Crippen molar-refractivity contribution >= 4 is 15.9 Å². The summed E-state index contributed by atoms with van der Waals surface area (Å²) >= 11 is 3.43. The van der Waals surface area contributed by atoms with Crippen molar-refractivity contribution in [2.45, 2.75) is 0 Å². The van der Waals surface area contributed by atoms with Crippen LogP contribution >= 0.6 is 15.9 Å². The van der Waals surface area contributed by atoms with E-state index in [1.54, 1.807) is 4.68 Å². The summed E-state index contributed by atoms with van der Waals surface area (Å²) in [5.41, 5.74) is 2.14. The summed E-state index contributed by atoms with van der Waals surface area (Å²) in [6.45, 7) is 0. The van der Waals surface area contributed by atoms with Crippen molar-refractivity contribution in [2.24, 2.45) is 7.05 Å². The average molecular weight is 237 g/mol. The number of aryl methyl sites for hydroxylation is 1. The molecule has 0 aliphatic carbocycles. The zero-order valence-electron chi connectivity index (χ0n) is 7.24. The van der Waals surface area contributed by atoms with Gasteiger partial charge >= 0.3 is 0 Å². The lowest BCUT2D eigenvalue weighted by atomic mass is 10.2. The SMILES string of the molecule is Cn1ccc(-c2cccc(Br)c2)n1. The van der Waals surface area contributed by atoms with Crippen molar-refractivity contribution in [3.8, 4) is 11.3 Å². The van der Waals surface area contributed by atoms with Crippen LogP contribution in [0.4, 0.5) is 0 Å². The molecule has 0 bridgehead atoms. The summed E-state index contributed by atoms with van der Waals surface area (Å²) < 4.78 is 2.88. The first-order valence-electron chi connectivity index (χ1n) is 4.01. The van der Waals surface area contributed by atoms with E-state index < -0.39 is 0 Å². The normalized spacial score (nSPS) is 10.3. The monoisotopic (exact) mass is 236 g/mol. The quantitative estimate of drug-likeness (QED) is 0.745. The van der Waals surface area contributed by atoms with Gasteiger partial charge < -0.3 is 0 Å². The second-order valence-corrected chi connectivity index (χ2v) is 3.80. The van der Waals surface area contributed by atoms with Gasteiger partial charge in [-0.15, -0.1) is 0 Å². The smallest absolute Gasteiger partial charge is 0.0923 e. The van der Waals surface area contributed by atoms with Crippen LogP contribution in [0.3, 0.4) is 0 Å². The molecule has 0 spiro atoms. The Morgan fingerprint density at radius 3 is 2.77 bits per heavy atom. The standard InChI is InChI=1S/C10H9BrN2/c1-13-6-5-10(12-13)8-3-2-4-9(11)7-8/h2-7H,1H3. The zero-order valence-corrected chi connectivity index (χ0v) is 8.82. The number of hydrogen-bond acceptors (Lipinski definition) is 1. The minimum Gasteiger partial charge on any atom is -0.275 e. The Morgan fingerprint density at radius 2 is 2.15 bits per heavy atom. The van der Waals surface area contributed by atoms with Gasteiger partial charge in [-0.2, -0.15) is 5.10 Å². The van der Waals surface area contributed by atoms with E-state index in [1.165, 1.54) is 0 Å². The predicted octanol–water partition coefficient (Wildman–Crippen LogP) is 2.85. The fourth-order valence-electron chi connectivity index (χ4n) is 1.22. The molecule has 13 heavy (non-hydrogen) atoms. The van der Waals surface area contributed by atoms with E-state index in [2.05, 4.69) is 27.1 Å². The summed E-state index contributed by atoms with van der Waals surface area (Å²) in [5.74, 6) is 0. The molecule has 2 rings (SSSR count). The number of aromatic nitrogens is 2. The van der Waals surface area contributed by atoms with Gasteiger partial charge in [0.1, 0.15) is 0 Å². The van der Waals surface area contributed by atoms with E-state index in [0.29, 0.717) is 0 Å². The number of halogens is 1. The van der Waals surface area contributed by atoms with Crippen molar-refractivity contribution in [2.75, 3.05) is 0 Å². The average Bonchev–Trinajstić information content (AvgIpc) is 2.52. The van der Waals surface area contributed by atoms with Crippen LogP contribution < -0.4 is 0 Å². The van der Waals surface area contributed by atoms with Crippen LogP contribution in [-0.2, 0) is 7.05 Å². The molecule has 0 radical (unpaired) electrons. The van der Waals surface area contributed by atoms with Crippen LogP contribution in [0, 0.1) is 0 Å². The fraction of sp³-hybridized carbons (Fsp3) is 0.100. The molecule has 1 aromatic heterocycles. The van der Waals surface area contributed by atoms with Gasteiger partial charge in [0.2, 0.25) is 0 Å². The Labute approximate surface area is 85.3 Å². The van der Waals surface area contributed by atoms with Gasteiger partial charge in [0, 0.05) is 23.3 Å². The number of rotatable bonds is 1. The van der Waals surface area contributed by atoms with Crippen molar-refractivity contribution in [3.63, 3.8) is 0 Å². The summed E-state index contributed by atoms with van der Waals surface area (Å²) in [6.07, 6.45) is 1.94. The number of hydrogen-bond donors (Lipinski definition) is 0. The van der Waals surface area contributed by atoms with Gasteiger partial charge in [-0.1, -0.05) is 28.1 Å². The largest absolute Gasteiger partial charge is 0.275 e. The Morgan fingerprint density at radius 1 is 1.31 bits per heavy atom. The highest BCUT2D eigenvalue weighted by Gasteiger charge is 2.00. The molecule has 0 unspecified atom stereocenters. The molecule has 2 nitrogen and oxygen atoms in total. The highest BCUT2D eigenvalue weighted by Crippen LogP contribution is 2.20. The lowest BCUT2D eigenvalue weighted by molar-refractivity contribution is 0.771. The molecular formula is C10H9BrN2. The lowest BCUT2D eigenvalue weighted by Gasteiger charge is -1.96. The molecule has 0 saturated carbocycles. The van der Waals surface area contributed by atoms with Gasteiger partial charge in [0.05, 0.1) is 5.69 Å². The van der Waals surface area contributed by atoms with Crippen LogP contribution in [0.25, 0.3) is 11.3 Å². The van der Waals surface area contributed by atoms with E-state index in [4.69, 9.17) is 0 Å². The van der Waals surface area contributed by atoms with Gasteiger partial charge in [0.15, 0.2) is 0 Å². The molecule has 0 amide bonds. The molecule has 0 saturated heterocycles. The summed E-state index contributed by atoms with van der Waals surface area (Å²) in [7, 11) is 1.92. The minimum absolute atomic E-state index is 1.00. The van der Waals surface area contributed by atoms with Crippen LogP contribution in [0.2, 0.25) is 0 Å². The van der Waals surface area contributed by atoms with Crippen molar-refractivity contribution in [1.29, 1.82) is 0 Å². The number of benzene rings is 1. The van der Waals surface area contributed by atoms with E-state index in [1.807, 2.05) is 37.5 Å². The topological polar surface area (TPSA) is 17.8 Å². The molecule has 1 heterocycles. The minimum atomic E-state index is 1.00. The Bertz CT molecular complexity index is 420. The van der Waals surface area contributed by atoms with E-state index >= 15 is 0 Å². The van der Waals surface area contributed by atoms with Crippen molar-refractivity contribution in [1.82, 2.24) is 9.78 Å². The third-order valence-electron chi connectivity index (χ3n) is 1.83. The predicted molar refractivity (Wildman–Crippen MR) is 56.3 cm³/mol. The molecule has 2 aromatic rings. The molecule has 0 atom stereocenters. The molecule has 66 valence electrons. The molecule has 0 aliphatic heterocycles. The Kier molecular flexibility index (Phi) is 2.19. The first kappa shape index (κ1) is 8.51. The van der Waals surface area contributed by atoms with Crippen molar-refractivity contribution in [3.05, 3.63) is 41.0 Å². The Hall–Kier alpha value is -1.09. The fourth-order valence-corrected chi connectivity index (χ4v) is 1.62. The van der Waals surface area contributed by atoms with Gasteiger partial charge in [-0.05, 0) is 18.2 Å². The van der Waals surface area contributed by atoms with E-state index in [0.717, 1.165) is 15.7 Å². The maximum absolute atomic E-state index is 4.32. The molecule has 0 aliphatic rings. The molecule has 3 heteroatoms. The van der Waals surface area contributed by atoms with Crippen molar-refractivity contribution < 1.29 is 0 Å². The molecular weight excluding hydrogens is 228 g/mol. The van der Waals surface area contributed by atoms with Gasteiger partial charge in [-0.3, -0.25) is 4.68 Å². The summed E-state index contributed by atoms with van der Waals surface area (Å²) in [5, 5.41) is 4.32. The highest BCUT2D eigenvalue weighted by molar-refractivity contribution is 9.10.